The summed E-state index contributed by atoms with van der Waals surface area (Å²) in [5.41, 5.74) is 1.87. The molecule has 1 amide bonds. The van der Waals surface area contributed by atoms with Crippen LogP contribution in [-0.4, -0.2) is 31.7 Å². The van der Waals surface area contributed by atoms with Gasteiger partial charge in [-0.3, -0.25) is 4.79 Å². The molecule has 0 atom stereocenters. The van der Waals surface area contributed by atoms with Gasteiger partial charge in [0.05, 0.1) is 26.1 Å². The molecule has 2 N–H and O–H groups in total. The summed E-state index contributed by atoms with van der Waals surface area (Å²) in [4.78, 5) is 16.2. The van der Waals surface area contributed by atoms with E-state index in [1.807, 2.05) is 42.5 Å². The van der Waals surface area contributed by atoms with Crippen molar-refractivity contribution in [3.05, 3.63) is 72.4 Å². The number of nitrogens with one attached hydrogen (secondary N) is 2. The number of hydrogen-bond donors (Lipinski definition) is 2. The number of rotatable bonds is 9. The van der Waals surface area contributed by atoms with Crippen molar-refractivity contribution in [1.29, 1.82) is 0 Å². The van der Waals surface area contributed by atoms with Crippen molar-refractivity contribution in [3.8, 4) is 17.2 Å². The van der Waals surface area contributed by atoms with Crippen molar-refractivity contribution in [3.63, 3.8) is 0 Å². The number of ether oxygens (including phenoxy) is 3. The third-order valence-electron chi connectivity index (χ3n) is 4.09. The van der Waals surface area contributed by atoms with Crippen LogP contribution < -0.4 is 24.8 Å². The van der Waals surface area contributed by atoms with E-state index in [1.54, 1.807) is 38.6 Å². The number of benzene rings is 2. The standard InChI is InChI=1S/C22H23N3O4/c1-27-19-10-8-16(12-20(19)28-2)13-23-17-9-11-21(24-14-17)25-22(26)15-29-18-6-4-3-5-7-18/h3-12,14,23H,13,15H2,1-2H3,(H,24,25,26). The maximum Gasteiger partial charge on any atom is 0.263 e. The second-order valence-corrected chi connectivity index (χ2v) is 6.12. The lowest BCUT2D eigenvalue weighted by atomic mass is 10.2. The van der Waals surface area contributed by atoms with Gasteiger partial charge in [0.25, 0.3) is 5.91 Å². The largest absolute Gasteiger partial charge is 0.493 e. The van der Waals surface area contributed by atoms with E-state index in [-0.39, 0.29) is 12.5 Å². The molecule has 0 unspecified atom stereocenters. The molecular formula is C22H23N3O4. The third-order valence-corrected chi connectivity index (χ3v) is 4.09. The Balaban J connectivity index is 1.49. The number of amides is 1. The molecule has 2 aromatic carbocycles. The first-order valence-electron chi connectivity index (χ1n) is 9.06. The van der Waals surface area contributed by atoms with Crippen molar-refractivity contribution >= 4 is 17.4 Å². The Bertz CT molecular complexity index is 931. The number of hydrogen-bond acceptors (Lipinski definition) is 6. The fourth-order valence-electron chi connectivity index (χ4n) is 2.61. The van der Waals surface area contributed by atoms with Crippen LogP contribution in [0.1, 0.15) is 5.56 Å². The first-order chi connectivity index (χ1) is 14.2. The highest BCUT2D eigenvalue weighted by Crippen LogP contribution is 2.27. The number of pyridine rings is 1. The van der Waals surface area contributed by atoms with E-state index in [0.717, 1.165) is 11.3 Å². The van der Waals surface area contributed by atoms with E-state index in [2.05, 4.69) is 15.6 Å². The molecule has 0 saturated heterocycles. The van der Waals surface area contributed by atoms with Crippen LogP contribution in [0.4, 0.5) is 11.5 Å². The van der Waals surface area contributed by atoms with Crippen LogP contribution in [0.2, 0.25) is 0 Å². The molecule has 0 fully saturated rings. The highest BCUT2D eigenvalue weighted by Gasteiger charge is 2.06. The molecule has 1 aromatic heterocycles. The van der Waals surface area contributed by atoms with Crippen LogP contribution in [0.3, 0.4) is 0 Å². The van der Waals surface area contributed by atoms with E-state index in [1.165, 1.54) is 0 Å². The summed E-state index contributed by atoms with van der Waals surface area (Å²) in [7, 11) is 3.21. The highest BCUT2D eigenvalue weighted by molar-refractivity contribution is 5.91. The average molecular weight is 393 g/mol. The van der Waals surface area contributed by atoms with Crippen LogP contribution in [0.5, 0.6) is 17.2 Å². The van der Waals surface area contributed by atoms with Gasteiger partial charge in [-0.1, -0.05) is 24.3 Å². The fraction of sp³-hybridized carbons (Fsp3) is 0.182. The summed E-state index contributed by atoms with van der Waals surface area (Å²) >= 11 is 0. The molecule has 150 valence electrons. The summed E-state index contributed by atoms with van der Waals surface area (Å²) in [6.07, 6.45) is 1.66. The molecular weight excluding hydrogens is 370 g/mol. The van der Waals surface area contributed by atoms with Gasteiger partial charge < -0.3 is 24.8 Å². The SMILES string of the molecule is COc1ccc(CNc2ccc(NC(=O)COc3ccccc3)nc2)cc1OC. The minimum Gasteiger partial charge on any atom is -0.493 e. The molecule has 0 spiro atoms. The minimum atomic E-state index is -0.271. The van der Waals surface area contributed by atoms with Gasteiger partial charge in [-0.2, -0.15) is 0 Å². The Kier molecular flexibility index (Phi) is 6.89. The number of aromatic nitrogens is 1. The molecule has 0 aliphatic heterocycles. The normalized spacial score (nSPS) is 10.1. The molecule has 3 rings (SSSR count). The summed E-state index contributed by atoms with van der Waals surface area (Å²) in [6, 6.07) is 18.5. The molecule has 0 radical (unpaired) electrons. The first-order valence-corrected chi connectivity index (χ1v) is 9.06. The molecule has 0 bridgehead atoms. The molecule has 7 nitrogen and oxygen atoms in total. The van der Waals surface area contributed by atoms with Gasteiger partial charge in [-0.05, 0) is 42.0 Å². The van der Waals surface area contributed by atoms with Crippen LogP contribution in [-0.2, 0) is 11.3 Å². The predicted octanol–water partition coefficient (Wildman–Crippen LogP) is 3.73. The summed E-state index contributed by atoms with van der Waals surface area (Å²) in [5, 5.41) is 5.99. The van der Waals surface area contributed by atoms with Crippen molar-refractivity contribution in [1.82, 2.24) is 4.98 Å². The Morgan fingerprint density at radius 3 is 2.45 bits per heavy atom. The van der Waals surface area contributed by atoms with Crippen LogP contribution in [0.15, 0.2) is 66.9 Å². The van der Waals surface area contributed by atoms with Crippen molar-refractivity contribution in [2.45, 2.75) is 6.54 Å². The second-order valence-electron chi connectivity index (χ2n) is 6.12. The molecule has 1 heterocycles. The van der Waals surface area contributed by atoms with Crippen molar-refractivity contribution in [2.24, 2.45) is 0 Å². The fourth-order valence-corrected chi connectivity index (χ4v) is 2.61. The first kappa shape index (κ1) is 20.0. The van der Waals surface area contributed by atoms with Crippen molar-refractivity contribution < 1.29 is 19.0 Å². The number of para-hydroxylation sites is 1. The zero-order valence-electron chi connectivity index (χ0n) is 16.3. The Morgan fingerprint density at radius 2 is 1.76 bits per heavy atom. The molecule has 7 heteroatoms. The summed E-state index contributed by atoms with van der Waals surface area (Å²) in [5.74, 6) is 2.20. The lowest BCUT2D eigenvalue weighted by Crippen LogP contribution is -2.20. The maximum absolute atomic E-state index is 12.0. The second kappa shape index (κ2) is 9.98. The van der Waals surface area contributed by atoms with E-state index >= 15 is 0 Å². The number of carbonyl (C=O) groups excluding carboxylic acids is 1. The minimum absolute atomic E-state index is 0.0784. The lowest BCUT2D eigenvalue weighted by Gasteiger charge is -2.11. The Labute approximate surface area is 169 Å². The number of carbonyl (C=O) groups is 1. The number of methoxy groups -OCH3 is 2. The van der Waals surface area contributed by atoms with Crippen LogP contribution in [0, 0.1) is 0 Å². The van der Waals surface area contributed by atoms with Crippen molar-refractivity contribution in [2.75, 3.05) is 31.5 Å². The van der Waals surface area contributed by atoms with E-state index in [9.17, 15) is 4.79 Å². The highest BCUT2D eigenvalue weighted by atomic mass is 16.5. The van der Waals surface area contributed by atoms with Gasteiger partial charge >= 0.3 is 0 Å². The van der Waals surface area contributed by atoms with E-state index in [4.69, 9.17) is 14.2 Å². The van der Waals surface area contributed by atoms with Gasteiger partial charge in [0.15, 0.2) is 18.1 Å². The van der Waals surface area contributed by atoms with Gasteiger partial charge in [-0.25, -0.2) is 4.98 Å². The molecule has 0 aliphatic carbocycles. The van der Waals surface area contributed by atoms with Gasteiger partial charge in [0.2, 0.25) is 0 Å². The summed E-state index contributed by atoms with van der Waals surface area (Å²) in [6.45, 7) is 0.518. The zero-order valence-corrected chi connectivity index (χ0v) is 16.3. The monoisotopic (exact) mass is 393 g/mol. The van der Waals surface area contributed by atoms with Gasteiger partial charge in [-0.15, -0.1) is 0 Å². The zero-order chi connectivity index (χ0) is 20.5. The molecule has 0 saturated carbocycles. The van der Waals surface area contributed by atoms with Gasteiger partial charge in [0.1, 0.15) is 11.6 Å². The molecule has 29 heavy (non-hydrogen) atoms. The Hall–Kier alpha value is -3.74. The van der Waals surface area contributed by atoms with Gasteiger partial charge in [0, 0.05) is 6.54 Å². The van der Waals surface area contributed by atoms with Crippen LogP contribution in [0.25, 0.3) is 0 Å². The predicted molar refractivity (Wildman–Crippen MR) is 112 cm³/mol. The molecule has 3 aromatic rings. The van der Waals surface area contributed by atoms with E-state index < -0.39 is 0 Å². The molecule has 0 aliphatic rings. The maximum atomic E-state index is 12.0. The van der Waals surface area contributed by atoms with E-state index in [0.29, 0.717) is 29.6 Å². The summed E-state index contributed by atoms with van der Waals surface area (Å²) < 4.78 is 16.0. The quantitative estimate of drug-likeness (QED) is 0.577. The number of anilines is 2. The average Bonchev–Trinajstić information content (AvgIpc) is 2.77. The third kappa shape index (κ3) is 5.87. The lowest BCUT2D eigenvalue weighted by molar-refractivity contribution is -0.118. The topological polar surface area (TPSA) is 81.7 Å². The van der Waals surface area contributed by atoms with Crippen LogP contribution >= 0.6 is 0 Å². The Morgan fingerprint density at radius 1 is 0.966 bits per heavy atom. The number of nitrogens with zero attached hydrogens (tertiary/aromatic N) is 1. The smallest absolute Gasteiger partial charge is 0.263 e.